The van der Waals surface area contributed by atoms with Crippen LogP contribution in [0.4, 0.5) is 15.9 Å². The number of halogens is 1. The fraction of sp³-hybridized carbons (Fsp3) is 0.357. The van der Waals surface area contributed by atoms with Gasteiger partial charge in [-0.3, -0.25) is 19.3 Å². The number of carbonyl (C=O) groups excluding carboxylic acids is 3. The van der Waals surface area contributed by atoms with E-state index in [1.54, 1.807) is 6.07 Å². The lowest BCUT2D eigenvalue weighted by Gasteiger charge is -2.27. The van der Waals surface area contributed by atoms with Gasteiger partial charge in [0, 0.05) is 43.5 Å². The first-order chi connectivity index (χ1) is 19.7. The molecule has 1 fully saturated rings. The topological polar surface area (TPSA) is 126 Å². The quantitative estimate of drug-likeness (QED) is 0.261. The number of fused-ring (bicyclic) bond motifs is 1. The maximum atomic E-state index is 13.2. The minimum Gasteiger partial charge on any atom is -0.385 e. The number of Topliss-reactive ketones (excluding diaryl/α,β-unsaturated/α-hetero) is 1. The molecule has 0 spiro atoms. The fourth-order valence-electron chi connectivity index (χ4n) is 4.81. The zero-order chi connectivity index (χ0) is 29.0. The van der Waals surface area contributed by atoms with Gasteiger partial charge in [0.05, 0.1) is 19.6 Å². The molecule has 216 valence electrons. The van der Waals surface area contributed by atoms with Crippen LogP contribution in [0.25, 0.3) is 0 Å². The van der Waals surface area contributed by atoms with Gasteiger partial charge in [0.1, 0.15) is 15.8 Å². The summed E-state index contributed by atoms with van der Waals surface area (Å²) in [6.45, 7) is 5.16. The van der Waals surface area contributed by atoms with E-state index in [1.807, 2.05) is 12.1 Å². The fourth-order valence-corrected chi connectivity index (χ4v) is 7.14. The van der Waals surface area contributed by atoms with E-state index >= 15 is 0 Å². The van der Waals surface area contributed by atoms with Gasteiger partial charge in [0.15, 0.2) is 20.8 Å². The van der Waals surface area contributed by atoms with E-state index in [-0.39, 0.29) is 22.9 Å². The van der Waals surface area contributed by atoms with Crippen molar-refractivity contribution in [1.82, 2.24) is 9.88 Å². The Balaban J connectivity index is 1.17. The van der Waals surface area contributed by atoms with Crippen LogP contribution in [0.15, 0.2) is 52.9 Å². The van der Waals surface area contributed by atoms with E-state index in [0.29, 0.717) is 28.0 Å². The zero-order valence-corrected chi connectivity index (χ0v) is 23.8. The number of aromatic nitrogens is 1. The lowest BCUT2D eigenvalue weighted by atomic mass is 9.97. The predicted molar refractivity (Wildman–Crippen MR) is 152 cm³/mol. The molecule has 1 N–H and O–H groups in total. The highest BCUT2D eigenvalue weighted by Crippen LogP contribution is 2.27. The van der Waals surface area contributed by atoms with Crippen LogP contribution in [0.5, 0.6) is 0 Å². The number of imide groups is 1. The van der Waals surface area contributed by atoms with E-state index in [4.69, 9.17) is 4.74 Å². The first-order valence-electron chi connectivity index (χ1n) is 13.2. The van der Waals surface area contributed by atoms with Gasteiger partial charge >= 0.3 is 0 Å². The number of anilines is 2. The maximum Gasteiger partial charge on any atom is 0.266 e. The highest BCUT2D eigenvalue weighted by atomic mass is 32.2. The number of nitrogens with zero attached hydrogens (tertiary/aromatic N) is 3. The predicted octanol–water partition coefficient (Wildman–Crippen LogP) is 2.73. The van der Waals surface area contributed by atoms with Crippen LogP contribution in [0.3, 0.4) is 0 Å². The number of nitrogens with one attached hydrogen (secondary N) is 1. The first kappa shape index (κ1) is 29.0. The molecule has 10 nitrogen and oxygen atoms in total. The summed E-state index contributed by atoms with van der Waals surface area (Å²) in [4.78, 5) is 46.1. The van der Waals surface area contributed by atoms with E-state index in [2.05, 4.69) is 15.2 Å². The summed E-state index contributed by atoms with van der Waals surface area (Å²) in [5, 5.41) is 2.72. The molecule has 2 aliphatic rings. The average Bonchev–Trinajstić information content (AvgIpc) is 3.39. The number of carbonyl (C=O) groups is 3. The molecule has 13 heteroatoms. The molecule has 0 aliphatic carbocycles. The Bertz CT molecular complexity index is 1550. The molecule has 2 aromatic heterocycles. The summed E-state index contributed by atoms with van der Waals surface area (Å²) in [5.41, 5.74) is 2.33. The van der Waals surface area contributed by atoms with Gasteiger partial charge < -0.3 is 10.1 Å². The molecule has 1 aromatic carbocycles. The standard InChI is InChI=1S/C28H29FN4O6S2/c29-24-5-7-27(40-24)41(37,38)18-22(34)14-19-2-6-25(31-17-19)33-26(35)16-20-15-21(3-4-23(20)28(33)36)30-8-1-9-32-10-12-39-13-11-32/h2-7,15,17,30H,1,8-14,16,18H2. The van der Waals surface area contributed by atoms with Gasteiger partial charge in [-0.2, -0.15) is 4.39 Å². The first-order valence-corrected chi connectivity index (χ1v) is 15.7. The Morgan fingerprint density at radius 1 is 1.10 bits per heavy atom. The van der Waals surface area contributed by atoms with Gasteiger partial charge in [0.25, 0.3) is 5.91 Å². The molecule has 0 unspecified atom stereocenters. The number of hydrogen-bond donors (Lipinski definition) is 1. The molecule has 0 bridgehead atoms. The summed E-state index contributed by atoms with van der Waals surface area (Å²) >= 11 is 0.469. The number of rotatable bonds is 11. The molecule has 2 aliphatic heterocycles. The molecule has 0 atom stereocenters. The van der Waals surface area contributed by atoms with E-state index < -0.39 is 38.3 Å². The van der Waals surface area contributed by atoms with Gasteiger partial charge in [-0.25, -0.2) is 18.3 Å². The van der Waals surface area contributed by atoms with Gasteiger partial charge in [-0.1, -0.05) is 17.4 Å². The third kappa shape index (κ3) is 7.04. The summed E-state index contributed by atoms with van der Waals surface area (Å²) in [5.74, 6) is -2.13. The molecular weight excluding hydrogens is 571 g/mol. The van der Waals surface area contributed by atoms with Crippen molar-refractivity contribution in [3.05, 3.63) is 70.5 Å². The molecular formula is C28H29FN4O6S2. The minimum absolute atomic E-state index is 0.0352. The molecule has 5 rings (SSSR count). The van der Waals surface area contributed by atoms with Gasteiger partial charge in [-0.15, -0.1) is 0 Å². The maximum absolute atomic E-state index is 13.2. The SMILES string of the molecule is O=C(Cc1ccc(N2C(=O)Cc3cc(NCCCN4CCOCC4)ccc3C2=O)nc1)CS(=O)(=O)c1ccc(F)s1. The molecule has 0 radical (unpaired) electrons. The van der Waals surface area contributed by atoms with Crippen molar-refractivity contribution >= 4 is 50.3 Å². The summed E-state index contributed by atoms with van der Waals surface area (Å²) in [7, 11) is -3.94. The molecule has 2 amide bonds. The largest absolute Gasteiger partial charge is 0.385 e. The second kappa shape index (κ2) is 12.6. The van der Waals surface area contributed by atoms with Crippen molar-refractivity contribution < 1.29 is 31.9 Å². The molecule has 3 aromatic rings. The van der Waals surface area contributed by atoms with E-state index in [0.717, 1.165) is 68.5 Å². The Hall–Kier alpha value is -3.52. The van der Waals surface area contributed by atoms with Crippen molar-refractivity contribution in [3.63, 3.8) is 0 Å². The third-order valence-corrected chi connectivity index (χ3v) is 9.99. The number of morpholine rings is 1. The molecule has 41 heavy (non-hydrogen) atoms. The molecule has 1 saturated heterocycles. The number of amides is 2. The highest BCUT2D eigenvalue weighted by molar-refractivity contribution is 7.94. The lowest BCUT2D eigenvalue weighted by molar-refractivity contribution is -0.118. The van der Waals surface area contributed by atoms with Crippen LogP contribution in [0.1, 0.15) is 27.9 Å². The van der Waals surface area contributed by atoms with Crippen LogP contribution < -0.4 is 10.2 Å². The third-order valence-electron chi connectivity index (χ3n) is 6.86. The van der Waals surface area contributed by atoms with Crippen LogP contribution in [0, 0.1) is 5.13 Å². The summed E-state index contributed by atoms with van der Waals surface area (Å²) in [6, 6.07) is 10.5. The Labute approximate surface area is 241 Å². The van der Waals surface area contributed by atoms with Gasteiger partial charge in [0.2, 0.25) is 5.91 Å². The monoisotopic (exact) mass is 600 g/mol. The smallest absolute Gasteiger partial charge is 0.266 e. The number of thiophene rings is 1. The second-order valence-electron chi connectivity index (χ2n) is 9.88. The van der Waals surface area contributed by atoms with Crippen molar-refractivity contribution in [2.75, 3.05) is 55.4 Å². The van der Waals surface area contributed by atoms with Crippen LogP contribution in [0.2, 0.25) is 0 Å². The van der Waals surface area contributed by atoms with Crippen LogP contribution in [-0.4, -0.2) is 81.0 Å². The number of benzene rings is 1. The van der Waals surface area contributed by atoms with Crippen molar-refractivity contribution in [3.8, 4) is 0 Å². The number of ketones is 1. The summed E-state index contributed by atoms with van der Waals surface area (Å²) < 4.78 is 43.1. The van der Waals surface area contributed by atoms with Crippen LogP contribution in [-0.2, 0) is 37.0 Å². The number of hydrogen-bond acceptors (Lipinski definition) is 10. The summed E-state index contributed by atoms with van der Waals surface area (Å²) in [6.07, 6.45) is 2.12. The molecule has 4 heterocycles. The average molecular weight is 601 g/mol. The van der Waals surface area contributed by atoms with E-state index in [1.165, 1.54) is 18.3 Å². The zero-order valence-electron chi connectivity index (χ0n) is 22.2. The minimum atomic E-state index is -3.94. The number of ether oxygens (including phenoxy) is 1. The normalized spacial score (nSPS) is 16.1. The second-order valence-corrected chi connectivity index (χ2v) is 13.1. The van der Waals surface area contributed by atoms with Crippen molar-refractivity contribution in [1.29, 1.82) is 0 Å². The van der Waals surface area contributed by atoms with E-state index in [9.17, 15) is 27.2 Å². The number of sulfone groups is 1. The highest BCUT2D eigenvalue weighted by Gasteiger charge is 2.33. The molecule has 0 saturated carbocycles. The van der Waals surface area contributed by atoms with Crippen molar-refractivity contribution in [2.45, 2.75) is 23.5 Å². The van der Waals surface area contributed by atoms with Crippen LogP contribution >= 0.6 is 11.3 Å². The number of pyridine rings is 1. The lowest BCUT2D eigenvalue weighted by Crippen LogP contribution is -2.43. The Morgan fingerprint density at radius 2 is 1.90 bits per heavy atom. The van der Waals surface area contributed by atoms with Gasteiger partial charge in [-0.05, 0) is 60.5 Å². The Morgan fingerprint density at radius 3 is 2.61 bits per heavy atom. The Kier molecular flexibility index (Phi) is 8.88. The van der Waals surface area contributed by atoms with Crippen molar-refractivity contribution in [2.24, 2.45) is 0 Å².